The third-order valence-electron chi connectivity index (χ3n) is 14.6. The SMILES string of the molecule is CC#CCn1c(=O)c2c(ncn2[C@@H](C)C(=O)Nc2cncc(-c3cnc(N4CC5CC5C4)nc3)n2)n(C)c1=O.CC#CCn1c(=O)c2c(ncn2[C@@H](C)C(=O)OC)n(C)c1=O.Nc1cncc(-c2cnc(N3CC4CC4C3)nc2)n1. The minimum Gasteiger partial charge on any atom is -0.467 e. The Morgan fingerprint density at radius 1 is 0.637 bits per heavy atom. The van der Waals surface area contributed by atoms with Crippen molar-refractivity contribution in [2.75, 3.05) is 54.1 Å². The Labute approximate surface area is 455 Å². The summed E-state index contributed by atoms with van der Waals surface area (Å²) < 4.78 is 12.1. The second-order valence-corrected chi connectivity index (χ2v) is 19.8. The molecule has 12 rings (SSSR count). The van der Waals surface area contributed by atoms with Gasteiger partial charge in [-0.05, 0) is 64.2 Å². The summed E-state index contributed by atoms with van der Waals surface area (Å²) >= 11 is 0. The molecule has 4 aliphatic rings. The Balaban J connectivity index is 0.000000148. The molecule has 4 fully saturated rings. The molecule has 0 aromatic carbocycles. The van der Waals surface area contributed by atoms with E-state index in [-0.39, 0.29) is 41.2 Å². The van der Waals surface area contributed by atoms with Crippen LogP contribution in [0.4, 0.5) is 23.5 Å². The van der Waals surface area contributed by atoms with Gasteiger partial charge in [-0.1, -0.05) is 11.8 Å². The summed E-state index contributed by atoms with van der Waals surface area (Å²) in [5.41, 5.74) is 6.92. The highest BCUT2D eigenvalue weighted by Gasteiger charge is 2.46. The minimum atomic E-state index is -0.842. The lowest BCUT2D eigenvalue weighted by molar-refractivity contribution is -0.143. The summed E-state index contributed by atoms with van der Waals surface area (Å²) in [7, 11) is 4.30. The van der Waals surface area contributed by atoms with Crippen LogP contribution in [-0.2, 0) is 41.5 Å². The molecule has 10 heterocycles. The number of fused-ring (bicyclic) bond motifs is 4. The van der Waals surface area contributed by atoms with Gasteiger partial charge in [0.1, 0.15) is 17.9 Å². The molecule has 6 atom stereocenters. The number of ether oxygens (including phenoxy) is 1. The molecule has 80 heavy (non-hydrogen) atoms. The van der Waals surface area contributed by atoms with Crippen molar-refractivity contribution in [1.29, 1.82) is 0 Å². The van der Waals surface area contributed by atoms with E-state index in [1.807, 2.05) is 0 Å². The van der Waals surface area contributed by atoms with E-state index in [9.17, 15) is 28.8 Å². The molecule has 8 aromatic heterocycles. The highest BCUT2D eigenvalue weighted by Crippen LogP contribution is 2.46. The fourth-order valence-electron chi connectivity index (χ4n) is 9.84. The Hall–Kier alpha value is -9.92. The molecule has 27 nitrogen and oxygen atoms in total. The first kappa shape index (κ1) is 53.5. The van der Waals surface area contributed by atoms with E-state index in [1.54, 1.807) is 64.9 Å². The number of hydrogen-bond donors (Lipinski definition) is 2. The van der Waals surface area contributed by atoms with E-state index >= 15 is 0 Å². The van der Waals surface area contributed by atoms with Crippen molar-refractivity contribution < 1.29 is 14.3 Å². The summed E-state index contributed by atoms with van der Waals surface area (Å²) in [5.74, 6) is 15.3. The van der Waals surface area contributed by atoms with Crippen LogP contribution in [0.15, 0.2) is 81.4 Å². The first-order valence-corrected chi connectivity index (χ1v) is 25.6. The third kappa shape index (κ3) is 10.6. The van der Waals surface area contributed by atoms with Crippen LogP contribution in [0.25, 0.3) is 44.8 Å². The molecular formula is C53H56N20O7. The van der Waals surface area contributed by atoms with E-state index in [4.69, 9.17) is 5.73 Å². The number of nitrogens with zero attached hydrogens (tertiary/aromatic N) is 18. The maximum absolute atomic E-state index is 13.2. The number of anilines is 4. The predicted octanol–water partition coefficient (Wildman–Crippen LogP) is 1.45. The minimum absolute atomic E-state index is 0.0181. The molecular weight excluding hydrogens is 1030 g/mol. The second-order valence-electron chi connectivity index (χ2n) is 19.8. The quantitative estimate of drug-likeness (QED) is 0.137. The van der Waals surface area contributed by atoms with Gasteiger partial charge in [0.25, 0.3) is 11.1 Å². The van der Waals surface area contributed by atoms with Gasteiger partial charge < -0.3 is 34.7 Å². The lowest BCUT2D eigenvalue weighted by atomic mass is 10.2. The molecule has 2 aliphatic carbocycles. The van der Waals surface area contributed by atoms with Crippen molar-refractivity contribution in [3.8, 4) is 46.2 Å². The van der Waals surface area contributed by atoms with Crippen LogP contribution in [0.3, 0.4) is 0 Å². The molecule has 4 unspecified atom stereocenters. The molecule has 0 bridgehead atoms. The lowest BCUT2D eigenvalue weighted by Crippen LogP contribution is -2.40. The summed E-state index contributed by atoms with van der Waals surface area (Å²) in [6, 6.07) is -1.57. The normalized spacial score (nSPS) is 18.0. The maximum Gasteiger partial charge on any atom is 0.333 e. The van der Waals surface area contributed by atoms with E-state index in [0.717, 1.165) is 70.5 Å². The van der Waals surface area contributed by atoms with E-state index in [1.165, 1.54) is 77.4 Å². The lowest BCUT2D eigenvalue weighted by Gasteiger charge is -2.17. The Kier molecular flexibility index (Phi) is 14.8. The number of esters is 1. The van der Waals surface area contributed by atoms with Crippen LogP contribution in [-0.4, -0.2) is 122 Å². The van der Waals surface area contributed by atoms with Crippen molar-refractivity contribution >= 4 is 57.7 Å². The van der Waals surface area contributed by atoms with Crippen molar-refractivity contribution in [2.45, 2.75) is 65.7 Å². The van der Waals surface area contributed by atoms with Crippen LogP contribution in [0.1, 0.15) is 52.6 Å². The first-order valence-electron chi connectivity index (χ1n) is 25.6. The van der Waals surface area contributed by atoms with Gasteiger partial charge in [-0.25, -0.2) is 63.4 Å². The number of piperidine rings is 2. The van der Waals surface area contributed by atoms with Crippen LogP contribution in [0, 0.1) is 47.4 Å². The number of rotatable bonds is 11. The van der Waals surface area contributed by atoms with Crippen LogP contribution < -0.4 is 43.3 Å². The molecule has 2 saturated heterocycles. The summed E-state index contributed by atoms with van der Waals surface area (Å²) in [6.45, 7) is 10.6. The fourth-order valence-corrected chi connectivity index (χ4v) is 9.84. The van der Waals surface area contributed by atoms with Crippen molar-refractivity contribution in [2.24, 2.45) is 37.8 Å². The van der Waals surface area contributed by atoms with Crippen molar-refractivity contribution in [3.63, 3.8) is 0 Å². The Morgan fingerprint density at radius 3 is 1.51 bits per heavy atom. The summed E-state index contributed by atoms with van der Waals surface area (Å²) in [5, 5.41) is 2.76. The number of nitrogens with one attached hydrogen (secondary N) is 1. The number of aromatic nitrogens is 16. The largest absolute Gasteiger partial charge is 0.467 e. The summed E-state index contributed by atoms with van der Waals surface area (Å²) in [4.78, 5) is 123. The number of nitrogens with two attached hydrogens (primary N) is 1. The number of carbonyl (C=O) groups is 2. The molecule has 8 aromatic rings. The van der Waals surface area contributed by atoms with Crippen LogP contribution in [0.5, 0.6) is 0 Å². The molecule has 1 amide bonds. The number of aryl methyl sites for hydroxylation is 2. The highest BCUT2D eigenvalue weighted by molar-refractivity contribution is 5.93. The zero-order valence-electron chi connectivity index (χ0n) is 44.9. The number of methoxy groups -OCH3 is 1. The zero-order valence-corrected chi connectivity index (χ0v) is 44.9. The molecule has 0 radical (unpaired) electrons. The number of amides is 1. The summed E-state index contributed by atoms with van der Waals surface area (Å²) in [6.07, 6.45) is 18.6. The van der Waals surface area contributed by atoms with Gasteiger partial charge in [0, 0.05) is 76.2 Å². The van der Waals surface area contributed by atoms with Crippen molar-refractivity contribution in [3.05, 3.63) is 104 Å². The molecule has 27 heteroatoms. The van der Waals surface area contributed by atoms with Gasteiger partial charge in [0.2, 0.25) is 17.8 Å². The number of carbonyl (C=O) groups excluding carboxylic acids is 2. The van der Waals surface area contributed by atoms with Crippen LogP contribution >= 0.6 is 0 Å². The molecule has 3 N–H and O–H groups in total. The Bertz CT molecular complexity index is 4060. The van der Waals surface area contributed by atoms with Gasteiger partial charge in [0.05, 0.1) is 69.0 Å². The van der Waals surface area contributed by atoms with Gasteiger partial charge in [-0.15, -0.1) is 11.8 Å². The second kappa shape index (κ2) is 22.2. The molecule has 0 spiro atoms. The average Bonchev–Trinajstić information content (AvgIpc) is 4.16. The fraction of sp³-hybridized carbons (Fsp3) is 0.396. The van der Waals surface area contributed by atoms with Gasteiger partial charge in [-0.2, -0.15) is 0 Å². The van der Waals surface area contributed by atoms with E-state index in [0.29, 0.717) is 28.7 Å². The predicted molar refractivity (Wildman–Crippen MR) is 294 cm³/mol. The van der Waals surface area contributed by atoms with E-state index < -0.39 is 46.5 Å². The van der Waals surface area contributed by atoms with E-state index in [2.05, 4.69) is 93.4 Å². The molecule has 410 valence electrons. The average molecular weight is 1090 g/mol. The highest BCUT2D eigenvalue weighted by atomic mass is 16.5. The van der Waals surface area contributed by atoms with Crippen molar-refractivity contribution in [1.82, 2.24) is 77.2 Å². The number of nitrogen functional groups attached to an aromatic ring is 1. The smallest absolute Gasteiger partial charge is 0.333 e. The van der Waals surface area contributed by atoms with Gasteiger partial charge in [-0.3, -0.25) is 33.5 Å². The molecule has 2 aliphatic heterocycles. The standard InChI is InChI=1S/C26H26N10O3.C14H16N4O4.C13H14N6/c1-4-5-6-35-24(38)21-22(33(3)26(35)39)30-14-36(21)15(2)23(37)32-20-11-27-10-19(31-20)18-8-28-25(29-9-18)34-12-16-7-17(16)13-34;1-5-6-7-17-12(19)10-11(16(3)14(17)21)15-8-18(10)9(2)13(20)22-4;14-12-5-15-4-11(18-12)10-2-16-13(17-3-10)19-6-8-1-9(8)7-19/h8-11,14-17H,6-7,12-13H2,1-3H3,(H,31,32,37);8-9H,7H2,1-4H3;2-5,8-9H,1,6-7H2,(H2,14,18)/t15-,16?,17?;9-;/m00./s1. The maximum atomic E-state index is 13.2. The third-order valence-corrected chi connectivity index (χ3v) is 14.6. The topological polar surface area (TPSA) is 315 Å². The zero-order chi connectivity index (χ0) is 56.5. The Morgan fingerprint density at radius 2 is 1.07 bits per heavy atom. The number of hydrogen-bond acceptors (Lipinski definition) is 20. The van der Waals surface area contributed by atoms with Crippen LogP contribution in [0.2, 0.25) is 0 Å². The first-order chi connectivity index (χ1) is 38.6. The molecule has 2 saturated carbocycles. The van der Waals surface area contributed by atoms with Gasteiger partial charge in [0.15, 0.2) is 28.1 Å². The van der Waals surface area contributed by atoms with Gasteiger partial charge >= 0.3 is 17.3 Å². The number of imidazole rings is 2. The monoisotopic (exact) mass is 1080 g/mol.